The van der Waals surface area contributed by atoms with Crippen LogP contribution in [0.15, 0.2) is 42.6 Å². The molecule has 0 radical (unpaired) electrons. The monoisotopic (exact) mass is 383 g/mol. The van der Waals surface area contributed by atoms with Crippen LogP contribution in [0.4, 0.5) is 13.2 Å². The fraction of sp³-hybridized carbons (Fsp3) is 0.368. The van der Waals surface area contributed by atoms with Gasteiger partial charge in [0.1, 0.15) is 17.1 Å². The van der Waals surface area contributed by atoms with Crippen LogP contribution in [0.1, 0.15) is 32.3 Å². The van der Waals surface area contributed by atoms with E-state index < -0.39 is 29.7 Å². The minimum Gasteiger partial charge on any atom is -0.479 e. The summed E-state index contributed by atoms with van der Waals surface area (Å²) in [6.45, 7) is 3.88. The number of ether oxygens (including phenoxy) is 3. The maximum Gasteiger partial charge on any atom is 0.421 e. The Balaban J connectivity index is 1.99. The second-order valence-electron chi connectivity index (χ2n) is 5.71. The average Bonchev–Trinajstić information content (AvgIpc) is 2.63. The van der Waals surface area contributed by atoms with Gasteiger partial charge in [-0.2, -0.15) is 13.2 Å². The summed E-state index contributed by atoms with van der Waals surface area (Å²) in [7, 11) is 0. The molecule has 0 bridgehead atoms. The van der Waals surface area contributed by atoms with Crippen LogP contribution in [-0.4, -0.2) is 23.7 Å². The van der Waals surface area contributed by atoms with E-state index in [0.29, 0.717) is 12.4 Å². The molecule has 0 aliphatic heterocycles. The van der Waals surface area contributed by atoms with Crippen molar-refractivity contribution in [3.63, 3.8) is 0 Å². The first-order chi connectivity index (χ1) is 12.8. The summed E-state index contributed by atoms with van der Waals surface area (Å²) in [5.41, 5.74) is -0.964. The normalized spacial score (nSPS) is 12.3. The van der Waals surface area contributed by atoms with Gasteiger partial charge in [0, 0.05) is 6.20 Å². The van der Waals surface area contributed by atoms with Gasteiger partial charge >= 0.3 is 12.1 Å². The first kappa shape index (κ1) is 20.5. The van der Waals surface area contributed by atoms with Gasteiger partial charge in [0.05, 0.1) is 6.61 Å². The molecule has 0 saturated heterocycles. The number of hydrogen-bond donors (Lipinski definition) is 0. The number of carbonyl (C=O) groups is 1. The summed E-state index contributed by atoms with van der Waals surface area (Å²) in [5, 5.41) is 0. The standard InChI is InChI=1S/C19H20F3NO4/c1-3-4-12-25-18(24)13(2)26-14-7-9-15(10-8-14)27-17-16(19(20,21)22)6-5-11-23-17/h5-11,13H,3-4,12H2,1-2H3. The second kappa shape index (κ2) is 9.25. The minimum absolute atomic E-state index is 0.157. The fourth-order valence-corrected chi connectivity index (χ4v) is 2.07. The molecule has 2 aromatic rings. The third kappa shape index (κ3) is 6.16. The smallest absolute Gasteiger partial charge is 0.421 e. The van der Waals surface area contributed by atoms with Gasteiger partial charge in [-0.25, -0.2) is 9.78 Å². The van der Waals surface area contributed by atoms with Gasteiger partial charge in [-0.1, -0.05) is 13.3 Å². The number of alkyl halides is 3. The zero-order valence-electron chi connectivity index (χ0n) is 15.0. The van der Waals surface area contributed by atoms with Crippen molar-refractivity contribution in [1.29, 1.82) is 0 Å². The van der Waals surface area contributed by atoms with E-state index in [1.54, 1.807) is 6.92 Å². The maximum absolute atomic E-state index is 13.0. The number of halogens is 3. The quantitative estimate of drug-likeness (QED) is 0.474. The molecule has 0 saturated carbocycles. The molecular weight excluding hydrogens is 363 g/mol. The molecule has 1 heterocycles. The molecule has 0 aliphatic carbocycles. The predicted molar refractivity (Wildman–Crippen MR) is 91.7 cm³/mol. The van der Waals surface area contributed by atoms with Crippen molar-refractivity contribution in [2.24, 2.45) is 0 Å². The SMILES string of the molecule is CCCCOC(=O)C(C)Oc1ccc(Oc2ncccc2C(F)(F)F)cc1. The molecule has 1 unspecified atom stereocenters. The van der Waals surface area contributed by atoms with Crippen molar-refractivity contribution >= 4 is 5.97 Å². The van der Waals surface area contributed by atoms with E-state index in [-0.39, 0.29) is 5.75 Å². The summed E-state index contributed by atoms with van der Waals surface area (Å²) in [5.74, 6) is -0.497. The molecule has 0 amide bonds. The number of aromatic nitrogens is 1. The Morgan fingerprint density at radius 2 is 1.81 bits per heavy atom. The number of benzene rings is 1. The molecule has 0 N–H and O–H groups in total. The molecule has 1 atom stereocenters. The summed E-state index contributed by atoms with van der Waals surface area (Å²) in [6, 6.07) is 7.92. The highest BCUT2D eigenvalue weighted by molar-refractivity contribution is 5.74. The second-order valence-corrected chi connectivity index (χ2v) is 5.71. The van der Waals surface area contributed by atoms with Crippen LogP contribution in [-0.2, 0) is 15.7 Å². The minimum atomic E-state index is -4.57. The number of rotatable bonds is 8. The van der Waals surface area contributed by atoms with E-state index in [9.17, 15) is 18.0 Å². The fourth-order valence-electron chi connectivity index (χ4n) is 2.07. The highest BCUT2D eigenvalue weighted by Gasteiger charge is 2.35. The maximum atomic E-state index is 13.0. The molecule has 8 heteroatoms. The van der Waals surface area contributed by atoms with Crippen LogP contribution in [0.5, 0.6) is 17.4 Å². The lowest BCUT2D eigenvalue weighted by atomic mass is 10.2. The molecular formula is C19H20F3NO4. The predicted octanol–water partition coefficient (Wildman–Crippen LogP) is 5.00. The Hall–Kier alpha value is -2.77. The van der Waals surface area contributed by atoms with E-state index in [4.69, 9.17) is 14.2 Å². The molecule has 0 fully saturated rings. The topological polar surface area (TPSA) is 57.7 Å². The molecule has 2 rings (SSSR count). The van der Waals surface area contributed by atoms with Gasteiger partial charge in [0.25, 0.3) is 0 Å². The van der Waals surface area contributed by atoms with Gasteiger partial charge in [0.2, 0.25) is 5.88 Å². The lowest BCUT2D eigenvalue weighted by Crippen LogP contribution is -2.26. The van der Waals surface area contributed by atoms with Crippen molar-refractivity contribution in [1.82, 2.24) is 4.98 Å². The Kier molecular flexibility index (Phi) is 7.04. The van der Waals surface area contributed by atoms with E-state index in [0.717, 1.165) is 18.9 Å². The largest absolute Gasteiger partial charge is 0.479 e. The Morgan fingerprint density at radius 1 is 1.15 bits per heavy atom. The first-order valence-electron chi connectivity index (χ1n) is 8.44. The van der Waals surface area contributed by atoms with E-state index in [1.807, 2.05) is 6.92 Å². The Labute approximate surface area is 155 Å². The number of unbranched alkanes of at least 4 members (excludes halogenated alkanes) is 1. The van der Waals surface area contributed by atoms with Crippen molar-refractivity contribution in [2.45, 2.75) is 39.0 Å². The zero-order valence-corrected chi connectivity index (χ0v) is 15.0. The highest BCUT2D eigenvalue weighted by atomic mass is 19.4. The number of pyridine rings is 1. The van der Waals surface area contributed by atoms with Gasteiger partial charge in [0.15, 0.2) is 6.10 Å². The van der Waals surface area contributed by atoms with Crippen molar-refractivity contribution in [3.05, 3.63) is 48.2 Å². The molecule has 27 heavy (non-hydrogen) atoms. The lowest BCUT2D eigenvalue weighted by Gasteiger charge is -2.15. The number of esters is 1. The molecule has 1 aromatic heterocycles. The summed E-state index contributed by atoms with van der Waals surface area (Å²) < 4.78 is 54.6. The third-order valence-corrected chi connectivity index (χ3v) is 3.50. The van der Waals surface area contributed by atoms with E-state index in [1.165, 1.54) is 36.5 Å². The van der Waals surface area contributed by atoms with Crippen LogP contribution in [0.3, 0.4) is 0 Å². The van der Waals surface area contributed by atoms with E-state index in [2.05, 4.69) is 4.98 Å². The summed E-state index contributed by atoms with van der Waals surface area (Å²) in [4.78, 5) is 15.4. The van der Waals surface area contributed by atoms with Crippen LogP contribution >= 0.6 is 0 Å². The average molecular weight is 383 g/mol. The van der Waals surface area contributed by atoms with Crippen LogP contribution in [0.25, 0.3) is 0 Å². The van der Waals surface area contributed by atoms with Gasteiger partial charge in [-0.3, -0.25) is 0 Å². The van der Waals surface area contributed by atoms with Crippen molar-refractivity contribution in [3.8, 4) is 17.4 Å². The van der Waals surface area contributed by atoms with E-state index >= 15 is 0 Å². The van der Waals surface area contributed by atoms with Crippen LogP contribution in [0.2, 0.25) is 0 Å². The van der Waals surface area contributed by atoms with Crippen molar-refractivity contribution < 1.29 is 32.2 Å². The third-order valence-electron chi connectivity index (χ3n) is 3.50. The van der Waals surface area contributed by atoms with Gasteiger partial charge in [-0.05, 0) is 49.7 Å². The zero-order chi connectivity index (χ0) is 19.9. The lowest BCUT2D eigenvalue weighted by molar-refractivity contribution is -0.151. The van der Waals surface area contributed by atoms with Gasteiger partial charge < -0.3 is 14.2 Å². The summed E-state index contributed by atoms with van der Waals surface area (Å²) >= 11 is 0. The number of nitrogens with zero attached hydrogens (tertiary/aromatic N) is 1. The number of carbonyl (C=O) groups excluding carboxylic acids is 1. The highest BCUT2D eigenvalue weighted by Crippen LogP contribution is 2.36. The molecule has 146 valence electrons. The number of hydrogen-bond acceptors (Lipinski definition) is 5. The van der Waals surface area contributed by atoms with Crippen molar-refractivity contribution in [2.75, 3.05) is 6.61 Å². The van der Waals surface area contributed by atoms with Crippen LogP contribution < -0.4 is 9.47 Å². The summed E-state index contributed by atoms with van der Waals surface area (Å²) in [6.07, 6.45) is -2.47. The van der Waals surface area contributed by atoms with Gasteiger partial charge in [-0.15, -0.1) is 0 Å². The first-order valence-corrected chi connectivity index (χ1v) is 8.44. The van der Waals surface area contributed by atoms with Crippen LogP contribution in [0, 0.1) is 0 Å². The molecule has 1 aromatic carbocycles. The Bertz CT molecular complexity index is 747. The Morgan fingerprint density at radius 3 is 2.44 bits per heavy atom. The molecule has 0 spiro atoms. The molecule has 0 aliphatic rings. The molecule has 5 nitrogen and oxygen atoms in total.